The molecule has 33 heavy (non-hydrogen) atoms. The van der Waals surface area contributed by atoms with Crippen LogP contribution in [0.1, 0.15) is 15.9 Å². The first-order chi connectivity index (χ1) is 15.8. The molecule has 8 nitrogen and oxygen atoms in total. The molecule has 0 bridgehead atoms. The van der Waals surface area contributed by atoms with Gasteiger partial charge < -0.3 is 15.8 Å². The maximum absolute atomic E-state index is 13.3. The van der Waals surface area contributed by atoms with Crippen molar-refractivity contribution in [3.8, 4) is 5.75 Å². The van der Waals surface area contributed by atoms with Gasteiger partial charge in [0.25, 0.3) is 15.9 Å². The van der Waals surface area contributed by atoms with E-state index >= 15 is 0 Å². The number of thioether (sulfide) groups is 1. The number of benzene rings is 3. The van der Waals surface area contributed by atoms with E-state index in [4.69, 9.17) is 10.5 Å². The third-order valence-electron chi connectivity index (χ3n) is 5.10. The van der Waals surface area contributed by atoms with E-state index in [-0.39, 0.29) is 17.3 Å². The standard InChI is InChI=1S/C23H22N4O4S2/c1-31-17-11-12-21-20(13-17)26-23(32-2)27(33(21,29)30)14-15-7-9-16(10-8-15)22(28)25-19-6-4-3-5-18(19)24/h3-13H,14,24H2,1-2H3,(H,25,28). The highest BCUT2D eigenvalue weighted by molar-refractivity contribution is 8.14. The van der Waals surface area contributed by atoms with Gasteiger partial charge in [-0.3, -0.25) is 4.79 Å². The molecule has 3 aromatic rings. The zero-order chi connectivity index (χ0) is 23.6. The summed E-state index contributed by atoms with van der Waals surface area (Å²) in [6.07, 6.45) is 1.77. The molecule has 0 saturated carbocycles. The molecule has 0 aromatic heterocycles. The third kappa shape index (κ3) is 4.53. The van der Waals surface area contributed by atoms with Crippen LogP contribution in [0.25, 0.3) is 0 Å². The number of hydrogen-bond donors (Lipinski definition) is 2. The zero-order valence-electron chi connectivity index (χ0n) is 18.0. The molecule has 0 unspecified atom stereocenters. The van der Waals surface area contributed by atoms with Gasteiger partial charge in [-0.05, 0) is 48.2 Å². The van der Waals surface area contributed by atoms with Gasteiger partial charge in [0.15, 0.2) is 5.17 Å². The largest absolute Gasteiger partial charge is 0.497 e. The van der Waals surface area contributed by atoms with Gasteiger partial charge in [0.1, 0.15) is 10.6 Å². The average molecular weight is 483 g/mol. The number of para-hydroxylation sites is 2. The summed E-state index contributed by atoms with van der Waals surface area (Å²) in [5.74, 6) is 0.229. The van der Waals surface area contributed by atoms with Crippen LogP contribution in [0.5, 0.6) is 5.75 Å². The summed E-state index contributed by atoms with van der Waals surface area (Å²) >= 11 is 1.24. The molecule has 1 aliphatic rings. The number of carbonyl (C=O) groups excluding carboxylic acids is 1. The van der Waals surface area contributed by atoms with Crippen molar-refractivity contribution in [3.63, 3.8) is 0 Å². The number of hydrogen-bond acceptors (Lipinski definition) is 7. The first-order valence-electron chi connectivity index (χ1n) is 9.91. The minimum Gasteiger partial charge on any atom is -0.497 e. The normalized spacial score (nSPS) is 14.2. The summed E-state index contributed by atoms with van der Waals surface area (Å²) in [5, 5.41) is 3.13. The first kappa shape index (κ1) is 22.7. The van der Waals surface area contributed by atoms with Crippen molar-refractivity contribution in [2.75, 3.05) is 24.4 Å². The Bertz CT molecular complexity index is 1340. The second-order valence-electron chi connectivity index (χ2n) is 7.18. The van der Waals surface area contributed by atoms with Gasteiger partial charge in [-0.15, -0.1) is 0 Å². The molecule has 0 atom stereocenters. The Morgan fingerprint density at radius 3 is 2.52 bits per heavy atom. The van der Waals surface area contributed by atoms with Crippen molar-refractivity contribution in [2.24, 2.45) is 4.99 Å². The Labute approximate surface area is 196 Å². The number of methoxy groups -OCH3 is 1. The number of carbonyl (C=O) groups is 1. The number of fused-ring (bicyclic) bond motifs is 1. The summed E-state index contributed by atoms with van der Waals surface area (Å²) in [6, 6.07) is 18.4. The molecule has 1 amide bonds. The molecular formula is C23H22N4O4S2. The lowest BCUT2D eigenvalue weighted by molar-refractivity contribution is 0.102. The van der Waals surface area contributed by atoms with E-state index < -0.39 is 10.0 Å². The van der Waals surface area contributed by atoms with Crippen molar-refractivity contribution in [3.05, 3.63) is 77.9 Å². The number of rotatable bonds is 5. The topological polar surface area (TPSA) is 114 Å². The first-order valence-corrected chi connectivity index (χ1v) is 12.6. The fraction of sp³-hybridized carbons (Fsp3) is 0.130. The van der Waals surface area contributed by atoms with Gasteiger partial charge in [0.2, 0.25) is 0 Å². The van der Waals surface area contributed by atoms with Crippen LogP contribution in [-0.4, -0.2) is 37.2 Å². The summed E-state index contributed by atoms with van der Waals surface area (Å²) in [7, 11) is -2.29. The molecule has 3 aromatic carbocycles. The number of amides is 1. The molecule has 0 aliphatic carbocycles. The molecule has 3 N–H and O–H groups in total. The summed E-state index contributed by atoms with van der Waals surface area (Å²) in [6.45, 7) is 0.0843. The highest BCUT2D eigenvalue weighted by Gasteiger charge is 2.34. The van der Waals surface area contributed by atoms with E-state index in [2.05, 4.69) is 10.3 Å². The van der Waals surface area contributed by atoms with Gasteiger partial charge in [-0.25, -0.2) is 17.7 Å². The van der Waals surface area contributed by atoms with Crippen molar-refractivity contribution in [1.82, 2.24) is 4.31 Å². The summed E-state index contributed by atoms with van der Waals surface area (Å²) < 4.78 is 33.1. The molecule has 0 saturated heterocycles. The van der Waals surface area contributed by atoms with Crippen molar-refractivity contribution >= 4 is 49.9 Å². The second-order valence-corrected chi connectivity index (χ2v) is 9.79. The van der Waals surface area contributed by atoms with Crippen LogP contribution >= 0.6 is 11.8 Å². The van der Waals surface area contributed by atoms with Crippen LogP contribution in [0.4, 0.5) is 17.1 Å². The van der Waals surface area contributed by atoms with E-state index in [0.717, 1.165) is 0 Å². The molecule has 0 spiro atoms. The maximum Gasteiger partial charge on any atom is 0.268 e. The monoisotopic (exact) mass is 482 g/mol. The van der Waals surface area contributed by atoms with E-state index in [1.165, 1.54) is 29.2 Å². The number of amidine groups is 1. The number of sulfonamides is 1. The minimum absolute atomic E-state index is 0.0843. The quantitative estimate of drug-likeness (QED) is 0.530. The summed E-state index contributed by atoms with van der Waals surface area (Å²) in [4.78, 5) is 17.2. The van der Waals surface area contributed by atoms with Gasteiger partial charge in [0, 0.05) is 11.6 Å². The van der Waals surface area contributed by atoms with E-state index in [1.54, 1.807) is 66.9 Å². The maximum atomic E-state index is 13.3. The number of anilines is 2. The van der Waals surface area contributed by atoms with Crippen molar-refractivity contribution in [1.29, 1.82) is 0 Å². The SMILES string of the molecule is COc1ccc2c(c1)N=C(SC)N(Cc1ccc(C(=O)Nc3ccccc3N)cc1)S2(=O)=O. The molecule has 1 heterocycles. The predicted octanol–water partition coefficient (Wildman–Crippen LogP) is 4.08. The lowest BCUT2D eigenvalue weighted by atomic mass is 10.1. The molecule has 4 rings (SSSR count). The van der Waals surface area contributed by atoms with Crippen molar-refractivity contribution in [2.45, 2.75) is 11.4 Å². The Morgan fingerprint density at radius 1 is 1.12 bits per heavy atom. The number of aliphatic imine (C=N–C) groups is 1. The predicted molar refractivity (Wildman–Crippen MR) is 132 cm³/mol. The number of nitrogens with zero attached hydrogens (tertiary/aromatic N) is 2. The summed E-state index contributed by atoms with van der Waals surface area (Å²) in [5.41, 5.74) is 8.38. The van der Waals surface area contributed by atoms with E-state index in [9.17, 15) is 13.2 Å². The molecular weight excluding hydrogens is 460 g/mol. The van der Waals surface area contributed by atoms with Crippen LogP contribution < -0.4 is 15.8 Å². The van der Waals surface area contributed by atoms with Gasteiger partial charge in [0.05, 0.1) is 30.7 Å². The third-order valence-corrected chi connectivity index (χ3v) is 7.67. The highest BCUT2D eigenvalue weighted by Crippen LogP contribution is 2.37. The Balaban J connectivity index is 1.56. The molecule has 0 fully saturated rings. The molecule has 170 valence electrons. The Hall–Kier alpha value is -3.50. The fourth-order valence-electron chi connectivity index (χ4n) is 3.34. The van der Waals surface area contributed by atoms with E-state index in [1.807, 2.05) is 0 Å². The number of nitrogen functional groups attached to an aromatic ring is 1. The lowest BCUT2D eigenvalue weighted by Gasteiger charge is -2.29. The molecule has 0 radical (unpaired) electrons. The minimum atomic E-state index is -3.81. The van der Waals surface area contributed by atoms with Crippen LogP contribution in [0.3, 0.4) is 0 Å². The molecule has 1 aliphatic heterocycles. The number of nitrogens with two attached hydrogens (primary N) is 1. The van der Waals surface area contributed by atoms with Gasteiger partial charge in [-0.1, -0.05) is 36.0 Å². The smallest absolute Gasteiger partial charge is 0.268 e. The van der Waals surface area contributed by atoms with Crippen molar-refractivity contribution < 1.29 is 17.9 Å². The second kappa shape index (κ2) is 9.16. The van der Waals surface area contributed by atoms with Crippen LogP contribution in [-0.2, 0) is 16.6 Å². The zero-order valence-corrected chi connectivity index (χ0v) is 19.6. The van der Waals surface area contributed by atoms with Gasteiger partial charge in [-0.2, -0.15) is 0 Å². The van der Waals surface area contributed by atoms with Crippen LogP contribution in [0.2, 0.25) is 0 Å². The number of nitrogens with one attached hydrogen (secondary N) is 1. The Kier molecular flexibility index (Phi) is 6.30. The average Bonchev–Trinajstić information content (AvgIpc) is 2.82. The molecule has 10 heteroatoms. The van der Waals surface area contributed by atoms with Gasteiger partial charge >= 0.3 is 0 Å². The Morgan fingerprint density at radius 2 is 1.85 bits per heavy atom. The highest BCUT2D eigenvalue weighted by atomic mass is 32.2. The van der Waals surface area contributed by atoms with Crippen LogP contribution in [0.15, 0.2) is 76.6 Å². The van der Waals surface area contributed by atoms with Crippen LogP contribution in [0, 0.1) is 0 Å². The fourth-order valence-corrected chi connectivity index (χ4v) is 5.73. The lowest BCUT2D eigenvalue weighted by Crippen LogP contribution is -2.36. The van der Waals surface area contributed by atoms with E-state index in [0.29, 0.717) is 39.1 Å². The number of ether oxygens (including phenoxy) is 1.